The van der Waals surface area contributed by atoms with Gasteiger partial charge >= 0.3 is 6.03 Å². The fourth-order valence-corrected chi connectivity index (χ4v) is 3.44. The summed E-state index contributed by atoms with van der Waals surface area (Å²) in [6.45, 7) is 8.02. The van der Waals surface area contributed by atoms with Crippen LogP contribution in [0.4, 0.5) is 30.6 Å². The predicted octanol–water partition coefficient (Wildman–Crippen LogP) is 4.17. The highest BCUT2D eigenvalue weighted by molar-refractivity contribution is 5.89. The van der Waals surface area contributed by atoms with Gasteiger partial charge in [0.05, 0.1) is 5.69 Å². The van der Waals surface area contributed by atoms with Crippen LogP contribution in [0.2, 0.25) is 0 Å². The maximum atomic E-state index is 13.9. The lowest BCUT2D eigenvalue weighted by atomic mass is 10.2. The van der Waals surface area contributed by atoms with Crippen LogP contribution >= 0.6 is 0 Å². The second kappa shape index (κ2) is 8.91. The highest BCUT2D eigenvalue weighted by Crippen LogP contribution is 2.22. The van der Waals surface area contributed by atoms with E-state index in [0.29, 0.717) is 31.9 Å². The van der Waals surface area contributed by atoms with Crippen LogP contribution in [-0.2, 0) is 0 Å². The third kappa shape index (κ3) is 4.52. The maximum Gasteiger partial charge on any atom is 0.321 e. The van der Waals surface area contributed by atoms with E-state index in [1.807, 2.05) is 29.2 Å². The van der Waals surface area contributed by atoms with E-state index < -0.39 is 11.6 Å². The Balaban J connectivity index is 1.55. The van der Waals surface area contributed by atoms with Gasteiger partial charge in [0.15, 0.2) is 0 Å². The summed E-state index contributed by atoms with van der Waals surface area (Å²) in [5, 5.41) is 2.91. The number of halogens is 2. The van der Waals surface area contributed by atoms with Gasteiger partial charge in [-0.1, -0.05) is 0 Å². The minimum atomic E-state index is -0.591. The minimum absolute atomic E-state index is 0.171. The van der Waals surface area contributed by atoms with Gasteiger partial charge in [-0.2, -0.15) is 0 Å². The number of carbonyl (C=O) groups excluding carboxylic acids is 1. The van der Waals surface area contributed by atoms with Crippen molar-refractivity contribution in [3.05, 3.63) is 54.1 Å². The molecule has 5 nitrogen and oxygen atoms in total. The van der Waals surface area contributed by atoms with Crippen LogP contribution in [-0.4, -0.2) is 50.2 Å². The molecule has 1 saturated heterocycles. The Kier molecular flexibility index (Phi) is 6.34. The summed E-state index contributed by atoms with van der Waals surface area (Å²) < 4.78 is 27.0. The number of anilines is 3. The van der Waals surface area contributed by atoms with Crippen molar-refractivity contribution in [1.29, 1.82) is 0 Å². The Hall–Kier alpha value is -2.83. The maximum absolute atomic E-state index is 13.9. The summed E-state index contributed by atoms with van der Waals surface area (Å²) in [5.74, 6) is -1.17. The molecule has 28 heavy (non-hydrogen) atoms. The number of nitrogens with zero attached hydrogens (tertiary/aromatic N) is 3. The fraction of sp³-hybridized carbons (Fsp3) is 0.381. The van der Waals surface area contributed by atoms with Gasteiger partial charge in [-0.05, 0) is 50.2 Å². The number of urea groups is 1. The van der Waals surface area contributed by atoms with Gasteiger partial charge in [-0.15, -0.1) is 0 Å². The molecule has 0 saturated carbocycles. The second-order valence-electron chi connectivity index (χ2n) is 6.72. The van der Waals surface area contributed by atoms with E-state index in [0.717, 1.165) is 30.5 Å². The van der Waals surface area contributed by atoms with E-state index in [9.17, 15) is 13.6 Å². The second-order valence-corrected chi connectivity index (χ2v) is 6.72. The molecule has 1 heterocycles. The Morgan fingerprint density at radius 2 is 1.64 bits per heavy atom. The van der Waals surface area contributed by atoms with Crippen molar-refractivity contribution in [3.8, 4) is 0 Å². The molecule has 0 unspecified atom stereocenters. The lowest BCUT2D eigenvalue weighted by Crippen LogP contribution is -2.50. The lowest BCUT2D eigenvalue weighted by molar-refractivity contribution is 0.208. The number of nitrogens with one attached hydrogen (secondary N) is 1. The average Bonchev–Trinajstić information content (AvgIpc) is 2.70. The minimum Gasteiger partial charge on any atom is -0.372 e. The zero-order valence-electron chi connectivity index (χ0n) is 16.3. The molecule has 2 aromatic rings. The molecule has 1 N–H and O–H groups in total. The predicted molar refractivity (Wildman–Crippen MR) is 109 cm³/mol. The SMILES string of the molecule is CCN(CC)c1ccc(NC(=O)N2CCN(c3ccc(F)cc3F)CC2)cc1. The van der Waals surface area contributed by atoms with Crippen LogP contribution in [0.25, 0.3) is 0 Å². The van der Waals surface area contributed by atoms with E-state index in [1.54, 1.807) is 4.90 Å². The molecule has 0 atom stereocenters. The van der Waals surface area contributed by atoms with E-state index in [2.05, 4.69) is 24.1 Å². The molecule has 3 rings (SSSR count). The summed E-state index contributed by atoms with van der Waals surface area (Å²) in [5.41, 5.74) is 2.24. The Labute approximate surface area is 164 Å². The van der Waals surface area contributed by atoms with Crippen molar-refractivity contribution in [1.82, 2.24) is 4.90 Å². The van der Waals surface area contributed by atoms with Crippen molar-refractivity contribution in [3.63, 3.8) is 0 Å². The molecule has 0 spiro atoms. The molecular formula is C21H26F2N4O. The zero-order valence-corrected chi connectivity index (χ0v) is 16.3. The molecule has 150 valence electrons. The first kappa shape index (κ1) is 19.9. The molecular weight excluding hydrogens is 362 g/mol. The monoisotopic (exact) mass is 388 g/mol. The molecule has 0 aliphatic carbocycles. The van der Waals surface area contributed by atoms with Crippen LogP contribution in [0.1, 0.15) is 13.8 Å². The van der Waals surface area contributed by atoms with Crippen LogP contribution in [0.5, 0.6) is 0 Å². The van der Waals surface area contributed by atoms with Crippen LogP contribution in [0.3, 0.4) is 0 Å². The summed E-state index contributed by atoms with van der Waals surface area (Å²) in [4.78, 5) is 18.3. The quantitative estimate of drug-likeness (QED) is 0.836. The highest BCUT2D eigenvalue weighted by Gasteiger charge is 2.23. The molecule has 2 aromatic carbocycles. The number of piperazine rings is 1. The topological polar surface area (TPSA) is 38.8 Å². The highest BCUT2D eigenvalue weighted by atomic mass is 19.1. The molecule has 7 heteroatoms. The van der Waals surface area contributed by atoms with Crippen molar-refractivity contribution < 1.29 is 13.6 Å². The van der Waals surface area contributed by atoms with Gasteiger partial charge in [-0.25, -0.2) is 13.6 Å². The van der Waals surface area contributed by atoms with Gasteiger partial charge in [0, 0.05) is 56.7 Å². The Bertz CT molecular complexity index is 801. The molecule has 0 aromatic heterocycles. The lowest BCUT2D eigenvalue weighted by Gasteiger charge is -2.36. The largest absolute Gasteiger partial charge is 0.372 e. The number of amides is 2. The van der Waals surface area contributed by atoms with Crippen molar-refractivity contribution in [2.24, 2.45) is 0 Å². The van der Waals surface area contributed by atoms with Crippen molar-refractivity contribution >= 4 is 23.1 Å². The smallest absolute Gasteiger partial charge is 0.321 e. The first-order valence-corrected chi connectivity index (χ1v) is 9.62. The number of carbonyl (C=O) groups is 1. The molecule has 1 aliphatic heterocycles. The van der Waals surface area contributed by atoms with E-state index in [4.69, 9.17) is 0 Å². The van der Waals surface area contributed by atoms with Gasteiger partial charge in [0.1, 0.15) is 11.6 Å². The number of hydrogen-bond acceptors (Lipinski definition) is 3. The summed E-state index contributed by atoms with van der Waals surface area (Å²) >= 11 is 0. The van der Waals surface area contributed by atoms with Gasteiger partial charge in [-0.3, -0.25) is 0 Å². The first-order chi connectivity index (χ1) is 13.5. The van der Waals surface area contributed by atoms with Gasteiger partial charge in [0.2, 0.25) is 0 Å². The van der Waals surface area contributed by atoms with Crippen molar-refractivity contribution in [2.45, 2.75) is 13.8 Å². The van der Waals surface area contributed by atoms with E-state index >= 15 is 0 Å². The summed E-state index contributed by atoms with van der Waals surface area (Å²) in [7, 11) is 0. The van der Waals surface area contributed by atoms with E-state index in [1.165, 1.54) is 12.1 Å². The third-order valence-electron chi connectivity index (χ3n) is 5.06. The normalized spacial score (nSPS) is 14.1. The van der Waals surface area contributed by atoms with Crippen LogP contribution in [0, 0.1) is 11.6 Å². The first-order valence-electron chi connectivity index (χ1n) is 9.62. The fourth-order valence-electron chi connectivity index (χ4n) is 3.44. The third-order valence-corrected chi connectivity index (χ3v) is 5.06. The zero-order chi connectivity index (χ0) is 20.1. The number of rotatable bonds is 5. The molecule has 0 bridgehead atoms. The van der Waals surface area contributed by atoms with Crippen LogP contribution in [0.15, 0.2) is 42.5 Å². The average molecular weight is 388 g/mol. The number of hydrogen-bond donors (Lipinski definition) is 1. The summed E-state index contributed by atoms with van der Waals surface area (Å²) in [6.07, 6.45) is 0. The molecule has 0 radical (unpaired) electrons. The van der Waals surface area contributed by atoms with Gasteiger partial charge in [0.25, 0.3) is 0 Å². The molecule has 2 amide bonds. The number of benzene rings is 2. The Morgan fingerprint density at radius 1 is 1.00 bits per heavy atom. The van der Waals surface area contributed by atoms with Gasteiger partial charge < -0.3 is 20.0 Å². The van der Waals surface area contributed by atoms with Crippen molar-refractivity contribution in [2.75, 3.05) is 54.4 Å². The van der Waals surface area contributed by atoms with E-state index in [-0.39, 0.29) is 6.03 Å². The summed E-state index contributed by atoms with van der Waals surface area (Å²) in [6, 6.07) is 11.2. The molecule has 1 aliphatic rings. The Morgan fingerprint density at radius 3 is 2.21 bits per heavy atom. The molecule has 1 fully saturated rings. The van der Waals surface area contributed by atoms with Crippen LogP contribution < -0.4 is 15.1 Å². The standard InChI is InChI=1S/C21H26F2N4O/c1-3-25(4-2)18-8-6-17(7-9-18)24-21(28)27-13-11-26(12-14-27)20-10-5-16(22)15-19(20)23/h5-10,15H,3-4,11-14H2,1-2H3,(H,24,28).